The normalized spacial score (nSPS) is 21.9. The van der Waals surface area contributed by atoms with Crippen molar-refractivity contribution in [3.05, 3.63) is 29.8 Å². The fraction of sp³-hybridized carbons (Fsp3) is 0.538. The zero-order valence-electron chi connectivity index (χ0n) is 9.57. The Morgan fingerprint density at radius 2 is 2.07 bits per heavy atom. The molecule has 0 radical (unpaired) electrons. The van der Waals surface area contributed by atoms with Gasteiger partial charge in [-0.2, -0.15) is 0 Å². The van der Waals surface area contributed by atoms with E-state index in [2.05, 4.69) is 24.0 Å². The van der Waals surface area contributed by atoms with Gasteiger partial charge >= 0.3 is 0 Å². The van der Waals surface area contributed by atoms with E-state index < -0.39 is 0 Å². The van der Waals surface area contributed by atoms with Gasteiger partial charge in [0.05, 0.1) is 7.11 Å². The summed E-state index contributed by atoms with van der Waals surface area (Å²) in [6.07, 6.45) is 1.34. The van der Waals surface area contributed by atoms with Crippen LogP contribution in [0.25, 0.3) is 0 Å². The topological polar surface area (TPSA) is 12.5 Å². The van der Waals surface area contributed by atoms with Crippen molar-refractivity contribution in [1.29, 1.82) is 0 Å². The Hall–Kier alpha value is -1.02. The first-order chi connectivity index (χ1) is 7.28. The highest BCUT2D eigenvalue weighted by Gasteiger charge is 2.18. The summed E-state index contributed by atoms with van der Waals surface area (Å²) in [7, 11) is 1.71. The Labute approximate surface area is 91.9 Å². The molecule has 2 nitrogen and oxygen atoms in total. The van der Waals surface area contributed by atoms with Gasteiger partial charge in [-0.05, 0) is 36.6 Å². The molecular weight excluding hydrogens is 186 g/mol. The summed E-state index contributed by atoms with van der Waals surface area (Å²) in [6.45, 7) is 5.89. The quantitative estimate of drug-likeness (QED) is 0.752. The van der Waals surface area contributed by atoms with E-state index in [1.807, 2.05) is 12.1 Å². The van der Waals surface area contributed by atoms with E-state index in [1.165, 1.54) is 25.1 Å². The van der Waals surface area contributed by atoms with E-state index in [4.69, 9.17) is 4.74 Å². The van der Waals surface area contributed by atoms with Gasteiger partial charge in [-0.1, -0.05) is 19.1 Å². The summed E-state index contributed by atoms with van der Waals surface area (Å²) >= 11 is 0. The highest BCUT2D eigenvalue weighted by atomic mass is 16.5. The minimum absolute atomic E-state index is 0.864. The lowest BCUT2D eigenvalue weighted by molar-refractivity contribution is 0.320. The van der Waals surface area contributed by atoms with Gasteiger partial charge in [-0.15, -0.1) is 0 Å². The van der Waals surface area contributed by atoms with Crippen LogP contribution in [-0.4, -0.2) is 25.1 Å². The lowest BCUT2D eigenvalue weighted by Crippen LogP contribution is -2.19. The molecule has 82 valence electrons. The van der Waals surface area contributed by atoms with Crippen LogP contribution in [0.1, 0.15) is 18.9 Å². The molecule has 0 aliphatic carbocycles. The molecule has 1 fully saturated rings. The van der Waals surface area contributed by atoms with Crippen LogP contribution in [0.15, 0.2) is 24.3 Å². The molecule has 0 saturated carbocycles. The molecule has 1 aliphatic heterocycles. The second kappa shape index (κ2) is 4.67. The summed E-state index contributed by atoms with van der Waals surface area (Å²) in [4.78, 5) is 2.52. The smallest absolute Gasteiger partial charge is 0.118 e. The molecule has 1 aromatic rings. The zero-order valence-corrected chi connectivity index (χ0v) is 9.57. The standard InChI is InChI=1S/C13H19NO/c1-11-7-8-14(9-11)10-12-3-5-13(15-2)6-4-12/h3-6,11H,7-10H2,1-2H3. The molecule has 1 saturated heterocycles. The number of ether oxygens (including phenoxy) is 1. The maximum Gasteiger partial charge on any atom is 0.118 e. The Morgan fingerprint density at radius 3 is 2.60 bits per heavy atom. The zero-order chi connectivity index (χ0) is 10.7. The van der Waals surface area contributed by atoms with Crippen molar-refractivity contribution >= 4 is 0 Å². The average molecular weight is 205 g/mol. The van der Waals surface area contributed by atoms with Crippen molar-refractivity contribution in [2.24, 2.45) is 5.92 Å². The number of hydrogen-bond donors (Lipinski definition) is 0. The van der Waals surface area contributed by atoms with Gasteiger partial charge in [-0.25, -0.2) is 0 Å². The number of methoxy groups -OCH3 is 1. The van der Waals surface area contributed by atoms with E-state index in [-0.39, 0.29) is 0 Å². The Morgan fingerprint density at radius 1 is 1.33 bits per heavy atom. The maximum atomic E-state index is 5.14. The lowest BCUT2D eigenvalue weighted by Gasteiger charge is -2.15. The second-order valence-electron chi connectivity index (χ2n) is 4.48. The number of benzene rings is 1. The number of nitrogens with zero attached hydrogens (tertiary/aromatic N) is 1. The van der Waals surface area contributed by atoms with E-state index in [1.54, 1.807) is 7.11 Å². The van der Waals surface area contributed by atoms with Crippen LogP contribution in [0.5, 0.6) is 5.75 Å². The van der Waals surface area contributed by atoms with E-state index >= 15 is 0 Å². The minimum atomic E-state index is 0.864. The lowest BCUT2D eigenvalue weighted by atomic mass is 10.2. The molecule has 1 unspecified atom stereocenters. The highest BCUT2D eigenvalue weighted by Crippen LogP contribution is 2.19. The van der Waals surface area contributed by atoms with Gasteiger partial charge in [0.25, 0.3) is 0 Å². The highest BCUT2D eigenvalue weighted by molar-refractivity contribution is 5.27. The summed E-state index contributed by atoms with van der Waals surface area (Å²) in [5, 5.41) is 0. The molecule has 0 amide bonds. The molecule has 2 heteroatoms. The molecule has 0 aromatic heterocycles. The van der Waals surface area contributed by atoms with Crippen LogP contribution in [0, 0.1) is 5.92 Å². The van der Waals surface area contributed by atoms with Crippen LogP contribution < -0.4 is 4.74 Å². The maximum absolute atomic E-state index is 5.14. The molecular formula is C13H19NO. The number of rotatable bonds is 3. The number of likely N-dealkylation sites (tertiary alicyclic amines) is 1. The Bertz CT molecular complexity index is 307. The summed E-state index contributed by atoms with van der Waals surface area (Å²) in [5.41, 5.74) is 1.38. The largest absolute Gasteiger partial charge is 0.497 e. The first-order valence-corrected chi connectivity index (χ1v) is 5.63. The van der Waals surface area contributed by atoms with Gasteiger partial charge in [-0.3, -0.25) is 4.90 Å². The SMILES string of the molecule is COc1ccc(CN2CCC(C)C2)cc1. The van der Waals surface area contributed by atoms with Gasteiger partial charge in [0.2, 0.25) is 0 Å². The molecule has 0 spiro atoms. The predicted molar refractivity (Wildman–Crippen MR) is 62.1 cm³/mol. The predicted octanol–water partition coefficient (Wildman–Crippen LogP) is 2.54. The molecule has 1 atom stereocenters. The third kappa shape index (κ3) is 2.72. The summed E-state index contributed by atoms with van der Waals surface area (Å²) < 4.78 is 5.14. The van der Waals surface area contributed by atoms with Crippen molar-refractivity contribution in [3.8, 4) is 5.75 Å². The van der Waals surface area contributed by atoms with E-state index in [0.29, 0.717) is 0 Å². The Kier molecular flexibility index (Phi) is 3.27. The molecule has 1 heterocycles. The summed E-state index contributed by atoms with van der Waals surface area (Å²) in [6, 6.07) is 8.38. The molecule has 0 bridgehead atoms. The van der Waals surface area contributed by atoms with Crippen molar-refractivity contribution < 1.29 is 4.74 Å². The fourth-order valence-corrected chi connectivity index (χ4v) is 2.16. The molecule has 1 aliphatic rings. The third-order valence-corrected chi connectivity index (χ3v) is 3.07. The van der Waals surface area contributed by atoms with Crippen LogP contribution in [0.2, 0.25) is 0 Å². The monoisotopic (exact) mass is 205 g/mol. The van der Waals surface area contributed by atoms with Crippen LogP contribution in [0.4, 0.5) is 0 Å². The average Bonchev–Trinajstić information content (AvgIpc) is 2.65. The summed E-state index contributed by atoms with van der Waals surface area (Å²) in [5.74, 6) is 1.80. The van der Waals surface area contributed by atoms with Gasteiger partial charge in [0, 0.05) is 13.1 Å². The van der Waals surface area contributed by atoms with Crippen LogP contribution >= 0.6 is 0 Å². The van der Waals surface area contributed by atoms with Crippen LogP contribution in [0.3, 0.4) is 0 Å². The van der Waals surface area contributed by atoms with E-state index in [0.717, 1.165) is 18.2 Å². The molecule has 15 heavy (non-hydrogen) atoms. The minimum Gasteiger partial charge on any atom is -0.497 e. The van der Waals surface area contributed by atoms with Crippen molar-refractivity contribution in [3.63, 3.8) is 0 Å². The molecule has 1 aromatic carbocycles. The van der Waals surface area contributed by atoms with Gasteiger partial charge < -0.3 is 4.74 Å². The van der Waals surface area contributed by atoms with Gasteiger partial charge in [0.15, 0.2) is 0 Å². The first kappa shape index (κ1) is 10.5. The fourth-order valence-electron chi connectivity index (χ4n) is 2.16. The second-order valence-corrected chi connectivity index (χ2v) is 4.48. The van der Waals surface area contributed by atoms with Gasteiger partial charge in [0.1, 0.15) is 5.75 Å². The van der Waals surface area contributed by atoms with Crippen LogP contribution in [-0.2, 0) is 6.54 Å². The molecule has 2 rings (SSSR count). The van der Waals surface area contributed by atoms with Crippen molar-refractivity contribution in [2.45, 2.75) is 19.9 Å². The van der Waals surface area contributed by atoms with E-state index in [9.17, 15) is 0 Å². The van der Waals surface area contributed by atoms with Crippen molar-refractivity contribution in [1.82, 2.24) is 4.90 Å². The number of hydrogen-bond acceptors (Lipinski definition) is 2. The van der Waals surface area contributed by atoms with Crippen molar-refractivity contribution in [2.75, 3.05) is 20.2 Å². The Balaban J connectivity index is 1.93. The third-order valence-electron chi connectivity index (χ3n) is 3.07. The first-order valence-electron chi connectivity index (χ1n) is 5.63. The molecule has 0 N–H and O–H groups in total.